The van der Waals surface area contributed by atoms with Crippen LogP contribution in [0.2, 0.25) is 0 Å². The lowest BCUT2D eigenvalue weighted by atomic mass is 10.2. The van der Waals surface area contributed by atoms with E-state index >= 15 is 0 Å². The van der Waals surface area contributed by atoms with Crippen molar-refractivity contribution in [3.8, 4) is 0 Å². The van der Waals surface area contributed by atoms with Crippen LogP contribution in [-0.2, 0) is 0 Å². The number of rotatable bonds is 1. The van der Waals surface area contributed by atoms with Gasteiger partial charge in [0.05, 0.1) is 9.60 Å². The molecule has 2 rings (SSSR count). The van der Waals surface area contributed by atoms with Crippen LogP contribution in [0.25, 0.3) is 10.1 Å². The second kappa shape index (κ2) is 3.27. The first kappa shape index (κ1) is 8.97. The molecule has 0 bridgehead atoms. The van der Waals surface area contributed by atoms with Gasteiger partial charge in [0.2, 0.25) is 0 Å². The van der Waals surface area contributed by atoms with E-state index < -0.39 is 0 Å². The van der Waals surface area contributed by atoms with Crippen molar-refractivity contribution in [1.82, 2.24) is 0 Å². The van der Waals surface area contributed by atoms with Gasteiger partial charge in [-0.25, -0.2) is 4.39 Å². The molecule has 0 saturated carbocycles. The number of thiophene rings is 1. The Bertz CT molecular complexity index is 448. The highest BCUT2D eigenvalue weighted by molar-refractivity contribution is 7.99. The topological polar surface area (TPSA) is 0 Å². The number of fused-ring (bicyclic) bond motifs is 1. The lowest BCUT2D eigenvalue weighted by Crippen LogP contribution is -1.78. The van der Waals surface area contributed by atoms with E-state index in [9.17, 15) is 8.78 Å². The fourth-order valence-electron chi connectivity index (χ4n) is 1.21. The molecule has 13 heavy (non-hydrogen) atoms. The lowest BCUT2D eigenvalue weighted by molar-refractivity contribution is 0.606. The van der Waals surface area contributed by atoms with Crippen LogP contribution in [0.1, 0.15) is 0 Å². The molecule has 0 unspecified atom stereocenters. The Kier molecular flexibility index (Phi) is 2.26. The van der Waals surface area contributed by atoms with Crippen LogP contribution in [0.3, 0.4) is 0 Å². The fraction of sp³-hybridized carbons (Fsp3) is 0.111. The van der Waals surface area contributed by atoms with E-state index in [0.717, 1.165) is 16.7 Å². The highest BCUT2D eigenvalue weighted by atomic mass is 32.2. The lowest BCUT2D eigenvalue weighted by Gasteiger charge is -1.99. The Labute approximate surface area is 82.6 Å². The van der Waals surface area contributed by atoms with Gasteiger partial charge < -0.3 is 0 Å². The fourth-order valence-corrected chi connectivity index (χ4v) is 2.97. The van der Waals surface area contributed by atoms with Crippen LogP contribution in [0, 0.1) is 10.9 Å². The van der Waals surface area contributed by atoms with E-state index in [1.165, 1.54) is 23.9 Å². The molecule has 0 spiro atoms. The second-order valence-corrected chi connectivity index (χ2v) is 4.37. The van der Waals surface area contributed by atoms with Crippen molar-refractivity contribution in [3.05, 3.63) is 29.1 Å². The average molecular weight is 216 g/mol. The van der Waals surface area contributed by atoms with Crippen LogP contribution in [0.5, 0.6) is 0 Å². The van der Waals surface area contributed by atoms with Gasteiger partial charge in [-0.3, -0.25) is 0 Å². The van der Waals surface area contributed by atoms with Crippen molar-refractivity contribution in [1.29, 1.82) is 0 Å². The van der Waals surface area contributed by atoms with Gasteiger partial charge in [-0.1, -0.05) is 6.07 Å². The molecule has 0 amide bonds. The summed E-state index contributed by atoms with van der Waals surface area (Å²) in [6, 6.07) is 4.41. The van der Waals surface area contributed by atoms with E-state index in [-0.39, 0.29) is 10.9 Å². The molecule has 1 aromatic heterocycles. The summed E-state index contributed by atoms with van der Waals surface area (Å²) >= 11 is 2.30. The molecule has 0 atom stereocenters. The van der Waals surface area contributed by atoms with E-state index in [1.807, 2.05) is 0 Å². The summed E-state index contributed by atoms with van der Waals surface area (Å²) in [5.41, 5.74) is 0. The monoisotopic (exact) mass is 216 g/mol. The summed E-state index contributed by atoms with van der Waals surface area (Å²) in [6.45, 7) is 0. The van der Waals surface area contributed by atoms with Gasteiger partial charge in [0.1, 0.15) is 5.82 Å². The van der Waals surface area contributed by atoms with Crippen molar-refractivity contribution in [2.24, 2.45) is 0 Å². The van der Waals surface area contributed by atoms with Crippen molar-refractivity contribution in [3.63, 3.8) is 0 Å². The van der Waals surface area contributed by atoms with E-state index in [4.69, 9.17) is 0 Å². The van der Waals surface area contributed by atoms with Crippen molar-refractivity contribution < 1.29 is 8.78 Å². The van der Waals surface area contributed by atoms with Crippen molar-refractivity contribution >= 4 is 33.2 Å². The maximum absolute atomic E-state index is 13.2. The van der Waals surface area contributed by atoms with Gasteiger partial charge in [-0.15, -0.1) is 23.1 Å². The van der Waals surface area contributed by atoms with Gasteiger partial charge in [0, 0.05) is 0 Å². The van der Waals surface area contributed by atoms with Crippen LogP contribution in [0.4, 0.5) is 8.78 Å². The molecule has 0 saturated heterocycles. The molecule has 4 heteroatoms. The molecular weight excluding hydrogens is 210 g/mol. The predicted molar refractivity (Wildman–Crippen MR) is 53.5 cm³/mol. The minimum Gasteiger partial charge on any atom is -0.206 e. The van der Waals surface area contributed by atoms with Crippen molar-refractivity contribution in [2.75, 3.05) is 6.26 Å². The standard InChI is InChI=1S/C9H6F2S2/c1-12-9-6(10)3-2-5-4-7(11)13-8(5)9/h2-4H,1H3. The Morgan fingerprint density at radius 2 is 2.08 bits per heavy atom. The minimum absolute atomic E-state index is 0.268. The molecule has 2 aromatic rings. The Morgan fingerprint density at radius 1 is 1.31 bits per heavy atom. The third kappa shape index (κ3) is 1.44. The molecule has 1 aromatic carbocycles. The number of benzene rings is 1. The van der Waals surface area contributed by atoms with Crippen LogP contribution >= 0.6 is 23.1 Å². The van der Waals surface area contributed by atoms with Crippen LogP contribution < -0.4 is 0 Å². The highest BCUT2D eigenvalue weighted by Gasteiger charge is 2.09. The van der Waals surface area contributed by atoms with Crippen molar-refractivity contribution in [2.45, 2.75) is 4.90 Å². The maximum Gasteiger partial charge on any atom is 0.177 e. The second-order valence-electron chi connectivity index (χ2n) is 2.55. The van der Waals surface area contributed by atoms with Gasteiger partial charge in [-0.2, -0.15) is 4.39 Å². The summed E-state index contributed by atoms with van der Waals surface area (Å²) in [4.78, 5) is 0.534. The Hall–Kier alpha value is -0.610. The third-order valence-electron chi connectivity index (χ3n) is 1.77. The van der Waals surface area contributed by atoms with Gasteiger partial charge in [-0.05, 0) is 23.8 Å². The smallest absolute Gasteiger partial charge is 0.177 e. The molecule has 0 N–H and O–H groups in total. The first-order chi connectivity index (χ1) is 6.22. The minimum atomic E-state index is -0.276. The molecule has 0 aliphatic rings. The Morgan fingerprint density at radius 3 is 2.77 bits per heavy atom. The molecule has 68 valence electrons. The van der Waals surface area contributed by atoms with Crippen LogP contribution in [0.15, 0.2) is 23.1 Å². The zero-order chi connectivity index (χ0) is 9.42. The molecule has 0 aliphatic carbocycles. The number of thioether (sulfide) groups is 1. The van der Waals surface area contributed by atoms with Gasteiger partial charge >= 0.3 is 0 Å². The average Bonchev–Trinajstić information content (AvgIpc) is 2.45. The normalized spacial score (nSPS) is 11.0. The highest BCUT2D eigenvalue weighted by Crippen LogP contribution is 2.34. The van der Waals surface area contributed by atoms with E-state index in [1.54, 1.807) is 12.3 Å². The SMILES string of the molecule is CSc1c(F)ccc2cc(F)sc12. The summed E-state index contributed by atoms with van der Waals surface area (Å²) < 4.78 is 26.7. The first-order valence-corrected chi connectivity index (χ1v) is 5.68. The quantitative estimate of drug-likeness (QED) is 0.651. The maximum atomic E-state index is 13.2. The first-order valence-electron chi connectivity index (χ1n) is 3.64. The summed E-state index contributed by atoms with van der Waals surface area (Å²) in [6.07, 6.45) is 1.79. The number of halogens is 2. The number of hydrogen-bond acceptors (Lipinski definition) is 2. The Balaban J connectivity index is 2.82. The third-order valence-corrected chi connectivity index (χ3v) is 3.66. The summed E-state index contributed by atoms with van der Waals surface area (Å²) in [5.74, 6) is -0.276. The van der Waals surface area contributed by atoms with Gasteiger partial charge in [0.15, 0.2) is 5.13 Å². The van der Waals surface area contributed by atoms with E-state index in [2.05, 4.69) is 0 Å². The molecule has 0 aliphatic heterocycles. The van der Waals surface area contributed by atoms with Crippen LogP contribution in [-0.4, -0.2) is 6.26 Å². The van der Waals surface area contributed by atoms with E-state index in [0.29, 0.717) is 9.60 Å². The summed E-state index contributed by atoms with van der Waals surface area (Å²) in [7, 11) is 0. The molecule has 0 nitrogen and oxygen atoms in total. The molecule has 0 fully saturated rings. The molecular formula is C9H6F2S2. The summed E-state index contributed by atoms with van der Waals surface area (Å²) in [5, 5.41) is 0.504. The molecule has 1 heterocycles. The van der Waals surface area contributed by atoms with Gasteiger partial charge in [0.25, 0.3) is 0 Å². The molecule has 0 radical (unpaired) electrons. The zero-order valence-corrected chi connectivity index (χ0v) is 8.44. The number of hydrogen-bond donors (Lipinski definition) is 0. The predicted octanol–water partition coefficient (Wildman–Crippen LogP) is 3.90. The largest absolute Gasteiger partial charge is 0.206 e. The zero-order valence-electron chi connectivity index (χ0n) is 6.80.